The molecule has 0 fully saturated rings. The van der Waals surface area contributed by atoms with Crippen molar-refractivity contribution in [3.05, 3.63) is 44.6 Å². The van der Waals surface area contributed by atoms with Gasteiger partial charge >= 0.3 is 10.7 Å². The third kappa shape index (κ3) is 3.46. The molecule has 0 unspecified atom stereocenters. The van der Waals surface area contributed by atoms with Gasteiger partial charge in [0.1, 0.15) is 4.88 Å². The van der Waals surface area contributed by atoms with E-state index >= 15 is 0 Å². The van der Waals surface area contributed by atoms with Crippen molar-refractivity contribution in [3.8, 4) is 5.82 Å². The van der Waals surface area contributed by atoms with Gasteiger partial charge in [0.2, 0.25) is 0 Å². The minimum Gasteiger partial charge on any atom is -0.741 e. The Morgan fingerprint density at radius 1 is 1.53 bits per heavy atom. The topological polar surface area (TPSA) is 87.5 Å². The zero-order chi connectivity index (χ0) is 13.8. The van der Waals surface area contributed by atoms with Gasteiger partial charge < -0.3 is 18.4 Å². The first-order valence-electron chi connectivity index (χ1n) is 5.31. The summed E-state index contributed by atoms with van der Waals surface area (Å²) < 4.78 is 1.80. The van der Waals surface area contributed by atoms with Crippen LogP contribution in [0.3, 0.4) is 0 Å². The van der Waals surface area contributed by atoms with E-state index in [1.54, 1.807) is 4.57 Å². The van der Waals surface area contributed by atoms with E-state index in [9.17, 15) is 4.79 Å². The van der Waals surface area contributed by atoms with Crippen LogP contribution < -0.4 is 15.2 Å². The number of thiazole rings is 1. The van der Waals surface area contributed by atoms with Crippen LogP contribution in [0.15, 0.2) is 39.5 Å². The highest BCUT2D eigenvalue weighted by Crippen LogP contribution is 2.06. The average molecular weight is 293 g/mol. The van der Waals surface area contributed by atoms with Crippen molar-refractivity contribution >= 4 is 35.3 Å². The number of aromatic nitrogens is 2. The molecule has 19 heavy (non-hydrogen) atoms. The fourth-order valence-electron chi connectivity index (χ4n) is 1.40. The smallest absolute Gasteiger partial charge is 0.390 e. The normalized spacial score (nSPS) is 12.2. The van der Waals surface area contributed by atoms with Crippen molar-refractivity contribution in [3.63, 3.8) is 0 Å². The maximum absolute atomic E-state index is 11.5. The summed E-state index contributed by atoms with van der Waals surface area (Å²) in [5, 5.41) is 7.22. The lowest BCUT2D eigenvalue weighted by Crippen LogP contribution is -2.31. The Balaban J connectivity index is 2.41. The minimum absolute atomic E-state index is 0.0522. The van der Waals surface area contributed by atoms with Crippen molar-refractivity contribution in [1.82, 2.24) is 4.98 Å². The Morgan fingerprint density at radius 3 is 2.84 bits per heavy atom. The lowest BCUT2D eigenvalue weighted by molar-refractivity contribution is -0.599. The molecular formula is C11H11N5OS2. The van der Waals surface area contributed by atoms with Gasteiger partial charge in [0.15, 0.2) is 0 Å². The van der Waals surface area contributed by atoms with Gasteiger partial charge in [-0.05, 0) is 41.1 Å². The van der Waals surface area contributed by atoms with Gasteiger partial charge in [-0.15, -0.1) is 0 Å². The first-order valence-corrected chi connectivity index (χ1v) is 6.53. The van der Waals surface area contributed by atoms with Gasteiger partial charge in [-0.3, -0.25) is 0 Å². The molecule has 3 N–H and O–H groups in total. The van der Waals surface area contributed by atoms with E-state index in [1.807, 2.05) is 31.5 Å². The van der Waals surface area contributed by atoms with Crippen LogP contribution in [-0.2, 0) is 12.6 Å². The van der Waals surface area contributed by atoms with Gasteiger partial charge in [0.25, 0.3) is 0 Å². The molecule has 0 aliphatic carbocycles. The number of hydrogen-bond acceptors (Lipinski definition) is 5. The highest BCUT2D eigenvalue weighted by molar-refractivity contribution is 7.77. The Kier molecular flexibility index (Phi) is 4.03. The van der Waals surface area contributed by atoms with Crippen LogP contribution in [0.1, 0.15) is 10.4 Å². The van der Waals surface area contributed by atoms with Crippen LogP contribution >= 0.6 is 11.3 Å². The zero-order valence-electron chi connectivity index (χ0n) is 10.0. The van der Waals surface area contributed by atoms with Crippen LogP contribution in [0, 0.1) is 6.92 Å². The number of amidine groups is 1. The largest absolute Gasteiger partial charge is 0.741 e. The summed E-state index contributed by atoms with van der Waals surface area (Å²) in [6.45, 7) is 1.99. The molecule has 0 radical (unpaired) electrons. The second-order valence-electron chi connectivity index (χ2n) is 3.69. The predicted octanol–water partition coefficient (Wildman–Crippen LogP) is 0.217. The monoisotopic (exact) mass is 293 g/mol. The number of hydrogen-bond donors (Lipinski definition) is 2. The summed E-state index contributed by atoms with van der Waals surface area (Å²) in [4.78, 5) is 14.7. The standard InChI is InChI=1S/C11H11N5OS2/c1-7-2-4-16(5-3-7)9-8(19-11(17)14-9)6-13-15-10(12)18/h2-6H,1H3,(H3-,12,13,14,15,17,18). The van der Waals surface area contributed by atoms with E-state index in [2.05, 4.69) is 27.8 Å². The molecule has 0 aliphatic rings. The van der Waals surface area contributed by atoms with Gasteiger partial charge in [0.05, 0.1) is 18.6 Å². The quantitative estimate of drug-likeness (QED) is 0.279. The van der Waals surface area contributed by atoms with Crippen molar-refractivity contribution < 1.29 is 4.57 Å². The molecule has 0 amide bonds. The Bertz CT molecular complexity index is 680. The Hall–Kier alpha value is -2.06. The third-order valence-electron chi connectivity index (χ3n) is 2.24. The molecule has 0 atom stereocenters. The Morgan fingerprint density at radius 2 is 2.21 bits per heavy atom. The minimum atomic E-state index is -0.167. The van der Waals surface area contributed by atoms with Crippen molar-refractivity contribution in [1.29, 1.82) is 0 Å². The number of H-pyrrole nitrogens is 1. The molecule has 0 spiro atoms. The molecule has 0 bridgehead atoms. The highest BCUT2D eigenvalue weighted by atomic mass is 32.1. The fraction of sp³-hybridized carbons (Fsp3) is 0.0909. The molecule has 2 rings (SSSR count). The van der Waals surface area contributed by atoms with E-state index in [1.165, 1.54) is 6.21 Å². The summed E-state index contributed by atoms with van der Waals surface area (Å²) in [5.41, 5.74) is 6.34. The molecule has 98 valence electrons. The number of nitrogens with one attached hydrogen (secondary N) is 1. The number of aromatic amines is 1. The second kappa shape index (κ2) is 5.72. The zero-order valence-corrected chi connectivity index (χ0v) is 11.7. The molecule has 0 saturated heterocycles. The summed E-state index contributed by atoms with van der Waals surface area (Å²) in [5.74, 6) is 0.636. The van der Waals surface area contributed by atoms with Crippen LogP contribution in [0.25, 0.3) is 5.82 Å². The van der Waals surface area contributed by atoms with E-state index in [-0.39, 0.29) is 10.0 Å². The molecule has 0 aromatic carbocycles. The lowest BCUT2D eigenvalue weighted by Gasteiger charge is -1.97. The molecule has 8 heteroatoms. The first-order chi connectivity index (χ1) is 9.06. The molecule has 2 heterocycles. The van der Waals surface area contributed by atoms with Crippen LogP contribution in [-0.4, -0.2) is 16.4 Å². The average Bonchev–Trinajstić information content (AvgIpc) is 2.71. The maximum Gasteiger partial charge on any atom is 0.390 e. The number of nitrogens with zero attached hydrogens (tertiary/aromatic N) is 3. The fourth-order valence-corrected chi connectivity index (χ4v) is 2.15. The Labute approximate surface area is 118 Å². The molecule has 0 aliphatic heterocycles. The number of pyridine rings is 1. The number of rotatable bonds is 3. The van der Waals surface area contributed by atoms with Crippen LogP contribution in [0.4, 0.5) is 0 Å². The molecular weight excluding hydrogens is 282 g/mol. The van der Waals surface area contributed by atoms with E-state index in [4.69, 9.17) is 5.73 Å². The summed E-state index contributed by atoms with van der Waals surface area (Å²) in [7, 11) is 0. The molecule has 2 aromatic heterocycles. The SMILES string of the molecule is Cc1cc[n+](-c2[nH]c(=O)sc2C=N/N=C(/N)[S-])cc1. The van der Waals surface area contributed by atoms with Crippen molar-refractivity contribution in [2.45, 2.75) is 6.92 Å². The van der Waals surface area contributed by atoms with Gasteiger partial charge in [-0.25, -0.2) is 9.36 Å². The summed E-state index contributed by atoms with van der Waals surface area (Å²) >= 11 is 5.62. The molecule has 6 nitrogen and oxygen atoms in total. The van der Waals surface area contributed by atoms with Crippen LogP contribution in [0.2, 0.25) is 0 Å². The molecule has 0 saturated carbocycles. The summed E-state index contributed by atoms with van der Waals surface area (Å²) in [6.07, 6.45) is 5.16. The number of nitrogens with two attached hydrogens (primary N) is 1. The highest BCUT2D eigenvalue weighted by Gasteiger charge is 2.15. The van der Waals surface area contributed by atoms with Crippen LogP contribution in [0.5, 0.6) is 0 Å². The lowest BCUT2D eigenvalue weighted by atomic mass is 10.3. The van der Waals surface area contributed by atoms with E-state index in [0.717, 1.165) is 16.9 Å². The van der Waals surface area contributed by atoms with Crippen molar-refractivity contribution in [2.75, 3.05) is 0 Å². The van der Waals surface area contributed by atoms with Gasteiger partial charge in [-0.1, -0.05) is 0 Å². The number of aryl methyl sites for hydroxylation is 1. The van der Waals surface area contributed by atoms with Crippen molar-refractivity contribution in [2.24, 2.45) is 15.9 Å². The molecule has 2 aromatic rings. The maximum atomic E-state index is 11.5. The van der Waals surface area contributed by atoms with Gasteiger partial charge in [-0.2, -0.15) is 15.2 Å². The summed E-state index contributed by atoms with van der Waals surface area (Å²) in [6, 6.07) is 3.88. The van der Waals surface area contributed by atoms with Gasteiger partial charge in [0, 0.05) is 0 Å². The van der Waals surface area contributed by atoms with E-state index < -0.39 is 0 Å². The third-order valence-corrected chi connectivity index (χ3v) is 3.13. The predicted molar refractivity (Wildman–Crippen MR) is 77.8 cm³/mol. The second-order valence-corrected chi connectivity index (χ2v) is 5.13. The first kappa shape index (κ1) is 13.4. The van der Waals surface area contributed by atoms with E-state index in [0.29, 0.717) is 10.7 Å².